The number of carbonyl (C=O) groups is 1. The molecule has 2 aromatic heterocycles. The Hall–Kier alpha value is -2.14. The van der Waals surface area contributed by atoms with Crippen molar-refractivity contribution in [3.8, 4) is 0 Å². The van der Waals surface area contributed by atoms with E-state index < -0.39 is 0 Å². The normalized spacial score (nSPS) is 17.4. The number of aromatic nitrogens is 2. The molecular formula is C13H11ClN4O. The first-order valence-corrected chi connectivity index (χ1v) is 6.16. The lowest BCUT2D eigenvalue weighted by Crippen LogP contribution is -2.38. The van der Waals surface area contributed by atoms with Gasteiger partial charge in [-0.25, -0.2) is 4.98 Å². The average Bonchev–Trinajstić information content (AvgIpc) is 2.38. The number of fused-ring (bicyclic) bond motifs is 1. The summed E-state index contributed by atoms with van der Waals surface area (Å²) < 4.78 is 0. The Bertz CT molecular complexity index is 659. The first kappa shape index (κ1) is 11.9. The topological polar surface area (TPSA) is 66.9 Å². The molecule has 0 bridgehead atoms. The van der Waals surface area contributed by atoms with Crippen molar-refractivity contribution in [2.24, 2.45) is 0 Å². The van der Waals surface area contributed by atoms with E-state index in [1.54, 1.807) is 24.7 Å². The largest absolute Gasteiger partial charge is 0.361 e. The van der Waals surface area contributed by atoms with Crippen LogP contribution >= 0.6 is 11.6 Å². The van der Waals surface area contributed by atoms with Crippen molar-refractivity contribution in [3.05, 3.63) is 52.6 Å². The van der Waals surface area contributed by atoms with E-state index in [1.807, 2.05) is 13.0 Å². The van der Waals surface area contributed by atoms with Gasteiger partial charge < -0.3 is 10.6 Å². The maximum atomic E-state index is 12.1. The maximum Gasteiger partial charge on any atom is 0.258 e. The summed E-state index contributed by atoms with van der Waals surface area (Å²) in [5, 5.41) is 6.26. The Balaban J connectivity index is 2.00. The molecular weight excluding hydrogens is 264 g/mol. The number of anilines is 1. The third-order valence-electron chi connectivity index (χ3n) is 2.94. The van der Waals surface area contributed by atoms with Gasteiger partial charge in [0.05, 0.1) is 11.3 Å². The van der Waals surface area contributed by atoms with Crippen molar-refractivity contribution in [1.29, 1.82) is 0 Å². The summed E-state index contributed by atoms with van der Waals surface area (Å²) >= 11 is 5.93. The fraction of sp³-hybridized carbons (Fsp3) is 0.154. The van der Waals surface area contributed by atoms with Gasteiger partial charge in [0.15, 0.2) is 0 Å². The van der Waals surface area contributed by atoms with E-state index in [0.717, 1.165) is 11.1 Å². The van der Waals surface area contributed by atoms with E-state index in [-0.39, 0.29) is 17.2 Å². The van der Waals surface area contributed by atoms with Gasteiger partial charge in [-0.05, 0) is 24.6 Å². The molecule has 0 aliphatic carbocycles. The molecule has 0 aromatic carbocycles. The average molecular weight is 275 g/mol. The summed E-state index contributed by atoms with van der Waals surface area (Å²) in [6, 6.07) is 3.70. The van der Waals surface area contributed by atoms with E-state index in [0.29, 0.717) is 11.3 Å². The van der Waals surface area contributed by atoms with E-state index >= 15 is 0 Å². The zero-order valence-electron chi connectivity index (χ0n) is 10.1. The molecule has 1 aliphatic heterocycles. The van der Waals surface area contributed by atoms with E-state index in [1.165, 1.54) is 0 Å². The highest BCUT2D eigenvalue weighted by atomic mass is 35.5. The highest BCUT2D eigenvalue weighted by molar-refractivity contribution is 6.33. The first-order chi connectivity index (χ1) is 9.15. The lowest BCUT2D eigenvalue weighted by atomic mass is 10.1. The van der Waals surface area contributed by atoms with Crippen LogP contribution in [0.3, 0.4) is 0 Å². The third kappa shape index (κ3) is 2.13. The second-order valence-electron chi connectivity index (χ2n) is 4.37. The molecule has 2 aromatic rings. The van der Waals surface area contributed by atoms with Crippen LogP contribution in [0.2, 0.25) is 5.15 Å². The monoisotopic (exact) mass is 274 g/mol. The molecule has 6 heteroatoms. The molecule has 1 aliphatic rings. The molecule has 5 nitrogen and oxygen atoms in total. The summed E-state index contributed by atoms with van der Waals surface area (Å²) in [7, 11) is 0. The van der Waals surface area contributed by atoms with Gasteiger partial charge in [-0.2, -0.15) is 0 Å². The van der Waals surface area contributed by atoms with Crippen LogP contribution in [-0.2, 0) is 0 Å². The molecule has 0 radical (unpaired) electrons. The van der Waals surface area contributed by atoms with Gasteiger partial charge in [0.25, 0.3) is 5.91 Å². The molecule has 0 saturated carbocycles. The van der Waals surface area contributed by atoms with Crippen LogP contribution in [-0.4, -0.2) is 15.9 Å². The molecule has 3 rings (SSSR count). The molecule has 1 amide bonds. The number of amides is 1. The number of aryl methyl sites for hydroxylation is 1. The Morgan fingerprint density at radius 1 is 1.32 bits per heavy atom. The van der Waals surface area contributed by atoms with Crippen LogP contribution in [0.5, 0.6) is 0 Å². The number of rotatable bonds is 1. The van der Waals surface area contributed by atoms with Crippen molar-refractivity contribution >= 4 is 23.2 Å². The van der Waals surface area contributed by atoms with Crippen molar-refractivity contribution in [1.82, 2.24) is 15.3 Å². The number of nitrogens with zero attached hydrogens (tertiary/aromatic N) is 2. The fourth-order valence-electron chi connectivity index (χ4n) is 2.07. The molecule has 1 unspecified atom stereocenters. The molecule has 3 heterocycles. The molecule has 1 atom stereocenters. The molecule has 0 spiro atoms. The minimum absolute atomic E-state index is 0.198. The summed E-state index contributed by atoms with van der Waals surface area (Å²) in [5.74, 6) is -0.238. The second kappa shape index (κ2) is 4.51. The van der Waals surface area contributed by atoms with Gasteiger partial charge in [-0.3, -0.25) is 9.78 Å². The number of hydrogen-bond acceptors (Lipinski definition) is 4. The standard InChI is InChI=1S/C13H11ClN4O/c1-7-4-8(6-15-5-7)12-17-9-2-3-16-11(14)10(9)13(19)18-12/h2-6,12,17H,1H3,(H,18,19). The molecule has 0 fully saturated rings. The fourth-order valence-corrected chi connectivity index (χ4v) is 2.31. The Morgan fingerprint density at radius 3 is 2.95 bits per heavy atom. The van der Waals surface area contributed by atoms with Crippen LogP contribution in [0.25, 0.3) is 0 Å². The second-order valence-corrected chi connectivity index (χ2v) is 4.73. The molecule has 96 valence electrons. The van der Waals surface area contributed by atoms with Crippen LogP contribution < -0.4 is 10.6 Å². The minimum Gasteiger partial charge on any atom is -0.361 e. The Labute approximate surface area is 115 Å². The number of nitrogens with one attached hydrogen (secondary N) is 2. The molecule has 19 heavy (non-hydrogen) atoms. The van der Waals surface area contributed by atoms with Crippen molar-refractivity contribution in [2.75, 3.05) is 5.32 Å². The van der Waals surface area contributed by atoms with Crippen LogP contribution in [0, 0.1) is 6.92 Å². The van der Waals surface area contributed by atoms with Gasteiger partial charge in [-0.1, -0.05) is 11.6 Å². The SMILES string of the molecule is Cc1cncc(C2NC(=O)c3c(ccnc3Cl)N2)c1. The molecule has 2 N–H and O–H groups in total. The highest BCUT2D eigenvalue weighted by Crippen LogP contribution is 2.29. The quantitative estimate of drug-likeness (QED) is 0.783. The minimum atomic E-state index is -0.314. The first-order valence-electron chi connectivity index (χ1n) is 5.78. The van der Waals surface area contributed by atoms with E-state index in [4.69, 9.17) is 11.6 Å². The van der Waals surface area contributed by atoms with Gasteiger partial charge in [0, 0.05) is 24.2 Å². The zero-order chi connectivity index (χ0) is 13.4. The number of carbonyl (C=O) groups excluding carboxylic acids is 1. The number of pyridine rings is 2. The zero-order valence-corrected chi connectivity index (χ0v) is 10.9. The van der Waals surface area contributed by atoms with Crippen LogP contribution in [0.1, 0.15) is 27.7 Å². The predicted octanol–water partition coefficient (Wildman–Crippen LogP) is 2.29. The van der Waals surface area contributed by atoms with Gasteiger partial charge in [0.1, 0.15) is 11.3 Å². The third-order valence-corrected chi connectivity index (χ3v) is 3.22. The van der Waals surface area contributed by atoms with Crippen LogP contribution in [0.15, 0.2) is 30.7 Å². The summed E-state index contributed by atoms with van der Waals surface area (Å²) in [6.07, 6.45) is 4.74. The Morgan fingerprint density at radius 2 is 2.16 bits per heavy atom. The lowest BCUT2D eigenvalue weighted by Gasteiger charge is -2.28. The Kier molecular flexibility index (Phi) is 2.83. The number of halogens is 1. The van der Waals surface area contributed by atoms with Crippen molar-refractivity contribution in [3.63, 3.8) is 0 Å². The maximum absolute atomic E-state index is 12.1. The van der Waals surface area contributed by atoms with Gasteiger partial charge in [0.2, 0.25) is 0 Å². The lowest BCUT2D eigenvalue weighted by molar-refractivity contribution is 0.0935. The summed E-state index contributed by atoms with van der Waals surface area (Å²) in [4.78, 5) is 20.1. The van der Waals surface area contributed by atoms with Crippen molar-refractivity contribution in [2.45, 2.75) is 13.1 Å². The molecule has 0 saturated heterocycles. The van der Waals surface area contributed by atoms with E-state index in [9.17, 15) is 4.79 Å². The predicted molar refractivity (Wildman–Crippen MR) is 72.1 cm³/mol. The summed E-state index contributed by atoms with van der Waals surface area (Å²) in [5.41, 5.74) is 2.98. The number of hydrogen-bond donors (Lipinski definition) is 2. The summed E-state index contributed by atoms with van der Waals surface area (Å²) in [6.45, 7) is 1.95. The van der Waals surface area contributed by atoms with Gasteiger partial charge >= 0.3 is 0 Å². The van der Waals surface area contributed by atoms with Gasteiger partial charge in [-0.15, -0.1) is 0 Å². The van der Waals surface area contributed by atoms with Crippen molar-refractivity contribution < 1.29 is 4.79 Å². The highest BCUT2D eigenvalue weighted by Gasteiger charge is 2.27. The smallest absolute Gasteiger partial charge is 0.258 e. The van der Waals surface area contributed by atoms with E-state index in [2.05, 4.69) is 20.6 Å². The van der Waals surface area contributed by atoms with Crippen LogP contribution in [0.4, 0.5) is 5.69 Å².